The van der Waals surface area contributed by atoms with E-state index in [9.17, 15) is 4.79 Å². The summed E-state index contributed by atoms with van der Waals surface area (Å²) in [6.45, 7) is 1.76. The van der Waals surface area contributed by atoms with Crippen molar-refractivity contribution < 1.29 is 4.79 Å². The van der Waals surface area contributed by atoms with Crippen LogP contribution in [0.1, 0.15) is 60.5 Å². The Labute approximate surface area is 166 Å². The van der Waals surface area contributed by atoms with Gasteiger partial charge in [-0.05, 0) is 74.1 Å². The first-order chi connectivity index (χ1) is 13.8. The van der Waals surface area contributed by atoms with E-state index in [2.05, 4.69) is 50.7 Å². The van der Waals surface area contributed by atoms with Crippen LogP contribution in [0, 0.1) is 5.92 Å². The number of rotatable bonds is 3. The Morgan fingerprint density at radius 2 is 1.79 bits per heavy atom. The number of amides is 1. The zero-order valence-electron chi connectivity index (χ0n) is 16.4. The van der Waals surface area contributed by atoms with Crippen LogP contribution < -0.4 is 10.2 Å². The maximum absolute atomic E-state index is 12.9. The number of fused-ring (bicyclic) bond motifs is 2. The highest BCUT2D eigenvalue weighted by molar-refractivity contribution is 5.79. The van der Waals surface area contributed by atoms with Gasteiger partial charge in [-0.15, -0.1) is 5.10 Å². The molecule has 1 fully saturated rings. The fourth-order valence-electron chi connectivity index (χ4n) is 5.04. The van der Waals surface area contributed by atoms with Gasteiger partial charge in [0.1, 0.15) is 0 Å². The zero-order valence-corrected chi connectivity index (χ0v) is 16.4. The lowest BCUT2D eigenvalue weighted by Crippen LogP contribution is -2.42. The van der Waals surface area contributed by atoms with Gasteiger partial charge in [-0.3, -0.25) is 4.79 Å². The van der Waals surface area contributed by atoms with Gasteiger partial charge in [0.15, 0.2) is 5.82 Å². The van der Waals surface area contributed by atoms with Gasteiger partial charge < -0.3 is 10.2 Å². The third-order valence-electron chi connectivity index (χ3n) is 6.68. The van der Waals surface area contributed by atoms with Gasteiger partial charge in [0, 0.05) is 19.0 Å². The van der Waals surface area contributed by atoms with Crippen molar-refractivity contribution in [2.24, 2.45) is 5.92 Å². The highest BCUT2D eigenvalue weighted by Gasteiger charge is 2.29. The van der Waals surface area contributed by atoms with Crippen molar-refractivity contribution in [1.29, 1.82) is 0 Å². The number of piperidine rings is 1. The summed E-state index contributed by atoms with van der Waals surface area (Å²) in [7, 11) is 0. The van der Waals surface area contributed by atoms with Crippen molar-refractivity contribution in [1.82, 2.24) is 15.5 Å². The Morgan fingerprint density at radius 3 is 2.68 bits per heavy atom. The fraction of sp³-hybridized carbons (Fsp3) is 0.522. The first-order valence-electron chi connectivity index (χ1n) is 10.8. The Kier molecular flexibility index (Phi) is 4.75. The van der Waals surface area contributed by atoms with Crippen LogP contribution in [0.4, 0.5) is 5.82 Å². The third-order valence-corrected chi connectivity index (χ3v) is 6.68. The standard InChI is InChI=1S/C23H28N4O/c28-23(24-21-10-3-6-16-5-1-2-8-19(16)21)17-11-13-27(14-12-17)22-15-18-7-4-9-20(18)25-26-22/h1-2,5,8,15,17,21H,3-4,6-7,9-14H2,(H,24,28)/t21-/m0/s1. The monoisotopic (exact) mass is 376 g/mol. The molecular formula is C23H28N4O. The van der Waals surface area contributed by atoms with Gasteiger partial charge in [-0.1, -0.05) is 24.3 Å². The van der Waals surface area contributed by atoms with E-state index in [4.69, 9.17) is 0 Å². The molecule has 28 heavy (non-hydrogen) atoms. The largest absolute Gasteiger partial charge is 0.355 e. The topological polar surface area (TPSA) is 58.1 Å². The van der Waals surface area contributed by atoms with E-state index in [0.29, 0.717) is 0 Å². The van der Waals surface area contributed by atoms with Crippen molar-refractivity contribution in [2.75, 3.05) is 18.0 Å². The minimum atomic E-state index is 0.104. The molecular weight excluding hydrogens is 348 g/mol. The van der Waals surface area contributed by atoms with Gasteiger partial charge >= 0.3 is 0 Å². The van der Waals surface area contributed by atoms with Crippen LogP contribution in [0.15, 0.2) is 30.3 Å². The molecule has 2 heterocycles. The SMILES string of the molecule is O=C(N[C@H]1CCCc2ccccc21)C1CCN(c2cc3c(nn2)CCC3)CC1. The lowest BCUT2D eigenvalue weighted by molar-refractivity contribution is -0.126. The van der Waals surface area contributed by atoms with Crippen molar-refractivity contribution in [3.05, 3.63) is 52.7 Å². The highest BCUT2D eigenvalue weighted by atomic mass is 16.1. The van der Waals surface area contributed by atoms with Gasteiger partial charge in [0.25, 0.3) is 0 Å². The average Bonchev–Trinajstić information content (AvgIpc) is 3.22. The normalized spacial score (nSPS) is 21.9. The summed E-state index contributed by atoms with van der Waals surface area (Å²) >= 11 is 0. The van der Waals surface area contributed by atoms with Crippen molar-refractivity contribution in [2.45, 2.75) is 57.4 Å². The van der Waals surface area contributed by atoms with E-state index in [1.54, 1.807) is 0 Å². The first kappa shape index (κ1) is 17.7. The molecule has 5 rings (SSSR count). The summed E-state index contributed by atoms with van der Waals surface area (Å²) in [5.74, 6) is 1.31. The molecule has 2 aliphatic carbocycles. The van der Waals surface area contributed by atoms with Crippen LogP contribution in [0.5, 0.6) is 0 Å². The quantitative estimate of drug-likeness (QED) is 0.892. The van der Waals surface area contributed by atoms with Crippen molar-refractivity contribution >= 4 is 11.7 Å². The summed E-state index contributed by atoms with van der Waals surface area (Å²) in [6, 6.07) is 10.9. The number of hydrogen-bond donors (Lipinski definition) is 1. The van der Waals surface area contributed by atoms with Crippen LogP contribution in [0.2, 0.25) is 0 Å². The van der Waals surface area contributed by atoms with E-state index >= 15 is 0 Å². The Bertz CT molecular complexity index is 873. The lowest BCUT2D eigenvalue weighted by atomic mass is 9.87. The minimum Gasteiger partial charge on any atom is -0.355 e. The molecule has 0 radical (unpaired) electrons. The second-order valence-electron chi connectivity index (χ2n) is 8.44. The maximum Gasteiger partial charge on any atom is 0.223 e. The van der Waals surface area contributed by atoms with Gasteiger partial charge in [-0.25, -0.2) is 0 Å². The molecule has 1 aromatic heterocycles. The second kappa shape index (κ2) is 7.53. The van der Waals surface area contributed by atoms with Crippen LogP contribution in [0.3, 0.4) is 0 Å². The lowest BCUT2D eigenvalue weighted by Gasteiger charge is -2.33. The highest BCUT2D eigenvalue weighted by Crippen LogP contribution is 2.31. The van der Waals surface area contributed by atoms with Crippen LogP contribution in [-0.4, -0.2) is 29.2 Å². The third kappa shape index (κ3) is 3.38. The molecule has 3 aliphatic rings. The molecule has 146 valence electrons. The molecule has 0 spiro atoms. The second-order valence-corrected chi connectivity index (χ2v) is 8.44. The summed E-state index contributed by atoms with van der Waals surface area (Å²) < 4.78 is 0. The average molecular weight is 377 g/mol. The minimum absolute atomic E-state index is 0.104. The molecule has 5 heteroatoms. The van der Waals surface area contributed by atoms with Crippen LogP contribution >= 0.6 is 0 Å². The first-order valence-corrected chi connectivity index (χ1v) is 10.8. The Hall–Kier alpha value is -2.43. The molecule has 1 N–H and O–H groups in total. The number of carbonyl (C=O) groups excluding carboxylic acids is 1. The molecule has 0 saturated carbocycles. The van der Waals surface area contributed by atoms with E-state index in [1.165, 1.54) is 28.8 Å². The Morgan fingerprint density at radius 1 is 0.964 bits per heavy atom. The molecule has 2 aromatic rings. The number of anilines is 1. The van der Waals surface area contributed by atoms with Gasteiger partial charge in [0.05, 0.1) is 11.7 Å². The molecule has 1 amide bonds. The smallest absolute Gasteiger partial charge is 0.223 e. The number of aromatic nitrogens is 2. The molecule has 1 aromatic carbocycles. The van der Waals surface area contributed by atoms with Crippen LogP contribution in [0.25, 0.3) is 0 Å². The van der Waals surface area contributed by atoms with Crippen molar-refractivity contribution in [3.8, 4) is 0 Å². The van der Waals surface area contributed by atoms with E-state index in [-0.39, 0.29) is 17.9 Å². The fourth-order valence-corrected chi connectivity index (χ4v) is 5.04. The summed E-state index contributed by atoms with van der Waals surface area (Å²) in [6.07, 6.45) is 8.49. The maximum atomic E-state index is 12.9. The number of carbonyl (C=O) groups is 1. The van der Waals surface area contributed by atoms with Gasteiger partial charge in [0.2, 0.25) is 5.91 Å². The predicted molar refractivity (Wildman–Crippen MR) is 109 cm³/mol. The summed E-state index contributed by atoms with van der Waals surface area (Å²) in [5, 5.41) is 12.2. The summed E-state index contributed by atoms with van der Waals surface area (Å²) in [5.41, 5.74) is 5.24. The number of benzene rings is 1. The molecule has 5 nitrogen and oxygen atoms in total. The van der Waals surface area contributed by atoms with Gasteiger partial charge in [-0.2, -0.15) is 5.10 Å². The summed E-state index contributed by atoms with van der Waals surface area (Å²) in [4.78, 5) is 15.2. The Balaban J connectivity index is 1.20. The van der Waals surface area contributed by atoms with E-state index < -0.39 is 0 Å². The van der Waals surface area contributed by atoms with E-state index in [0.717, 1.165) is 63.9 Å². The molecule has 0 unspecified atom stereocenters. The molecule has 1 aliphatic heterocycles. The number of aryl methyl sites for hydroxylation is 3. The van der Waals surface area contributed by atoms with Crippen LogP contribution in [-0.2, 0) is 24.1 Å². The number of hydrogen-bond acceptors (Lipinski definition) is 4. The zero-order chi connectivity index (χ0) is 18.9. The molecule has 1 saturated heterocycles. The molecule has 0 bridgehead atoms. The molecule has 1 atom stereocenters. The number of nitrogens with zero attached hydrogens (tertiary/aromatic N) is 3. The van der Waals surface area contributed by atoms with Crippen molar-refractivity contribution in [3.63, 3.8) is 0 Å². The predicted octanol–water partition coefficient (Wildman–Crippen LogP) is 3.38. The number of nitrogens with one attached hydrogen (secondary N) is 1. The van der Waals surface area contributed by atoms with E-state index in [1.807, 2.05) is 0 Å².